The van der Waals surface area contributed by atoms with Crippen molar-refractivity contribution in [3.63, 3.8) is 0 Å². The van der Waals surface area contributed by atoms with Gasteiger partial charge in [-0.05, 0) is 38.5 Å². The average molecular weight is 297 g/mol. The Morgan fingerprint density at radius 2 is 1.94 bits per heavy atom. The summed E-state index contributed by atoms with van der Waals surface area (Å²) >= 11 is 3.49. The van der Waals surface area contributed by atoms with Gasteiger partial charge in [-0.1, -0.05) is 28.1 Å². The summed E-state index contributed by atoms with van der Waals surface area (Å²) in [6.07, 6.45) is 0. The van der Waals surface area contributed by atoms with E-state index in [-0.39, 0.29) is 5.54 Å². The van der Waals surface area contributed by atoms with Crippen LogP contribution in [0.3, 0.4) is 0 Å². The van der Waals surface area contributed by atoms with Gasteiger partial charge in [0.05, 0.1) is 0 Å². The van der Waals surface area contributed by atoms with E-state index < -0.39 is 0 Å². The van der Waals surface area contributed by atoms with Gasteiger partial charge in [0.25, 0.3) is 0 Å². The first kappa shape index (κ1) is 13.1. The zero-order chi connectivity index (χ0) is 12.5. The monoisotopic (exact) mass is 296 g/mol. The van der Waals surface area contributed by atoms with E-state index in [9.17, 15) is 0 Å². The van der Waals surface area contributed by atoms with Gasteiger partial charge in [-0.15, -0.1) is 0 Å². The zero-order valence-corrected chi connectivity index (χ0v) is 12.4. The molecule has 1 aromatic rings. The lowest BCUT2D eigenvalue weighted by Gasteiger charge is -2.42. The molecule has 0 amide bonds. The second kappa shape index (κ2) is 5.09. The third-order valence-corrected chi connectivity index (χ3v) is 4.03. The van der Waals surface area contributed by atoms with E-state index in [1.807, 2.05) is 0 Å². The van der Waals surface area contributed by atoms with Gasteiger partial charge in [0.1, 0.15) is 0 Å². The molecule has 1 aliphatic rings. The summed E-state index contributed by atoms with van der Waals surface area (Å²) in [6, 6.07) is 9.16. The van der Waals surface area contributed by atoms with Crippen LogP contribution < -0.4 is 5.32 Å². The fourth-order valence-corrected chi connectivity index (χ4v) is 2.73. The quantitative estimate of drug-likeness (QED) is 0.902. The first-order chi connectivity index (χ1) is 7.98. The Labute approximate surface area is 113 Å². The second-order valence-corrected chi connectivity index (χ2v) is 6.42. The predicted octanol–water partition coefficient (Wildman–Crippen LogP) is 3.19. The number of hydrogen-bond donors (Lipinski definition) is 1. The minimum absolute atomic E-state index is 0.224. The minimum Gasteiger partial charge on any atom is -0.309 e. The van der Waals surface area contributed by atoms with Crippen LogP contribution in [0.25, 0.3) is 0 Å². The van der Waals surface area contributed by atoms with E-state index in [2.05, 4.69) is 71.2 Å². The van der Waals surface area contributed by atoms with Crippen LogP contribution in [0.2, 0.25) is 0 Å². The van der Waals surface area contributed by atoms with Gasteiger partial charge >= 0.3 is 0 Å². The summed E-state index contributed by atoms with van der Waals surface area (Å²) in [5, 5.41) is 3.55. The summed E-state index contributed by atoms with van der Waals surface area (Å²) in [5.41, 5.74) is 1.62. The third-order valence-electron chi connectivity index (χ3n) is 3.50. The third kappa shape index (κ3) is 3.30. The van der Waals surface area contributed by atoms with Gasteiger partial charge in [-0.3, -0.25) is 4.90 Å². The van der Waals surface area contributed by atoms with Crippen LogP contribution in [0, 0.1) is 0 Å². The van der Waals surface area contributed by atoms with Gasteiger partial charge in [0, 0.05) is 35.7 Å². The van der Waals surface area contributed by atoms with Crippen LogP contribution >= 0.6 is 15.9 Å². The van der Waals surface area contributed by atoms with Crippen LogP contribution in [-0.2, 0) is 0 Å². The molecular weight excluding hydrogens is 276 g/mol. The molecule has 0 aromatic heterocycles. The summed E-state index contributed by atoms with van der Waals surface area (Å²) in [5.74, 6) is 0. The molecule has 1 heterocycles. The summed E-state index contributed by atoms with van der Waals surface area (Å²) in [7, 11) is 0. The van der Waals surface area contributed by atoms with Crippen molar-refractivity contribution in [2.75, 3.05) is 19.6 Å². The van der Waals surface area contributed by atoms with Crippen molar-refractivity contribution in [1.29, 1.82) is 0 Å². The maximum absolute atomic E-state index is 3.55. The molecule has 17 heavy (non-hydrogen) atoms. The topological polar surface area (TPSA) is 15.3 Å². The van der Waals surface area contributed by atoms with Crippen LogP contribution in [0.5, 0.6) is 0 Å². The molecular formula is C14H21BrN2. The van der Waals surface area contributed by atoms with Crippen molar-refractivity contribution in [2.24, 2.45) is 0 Å². The number of hydrogen-bond acceptors (Lipinski definition) is 2. The highest BCUT2D eigenvalue weighted by Gasteiger charge is 2.28. The number of rotatable bonds is 2. The lowest BCUT2D eigenvalue weighted by Crippen LogP contribution is -2.57. The molecule has 1 unspecified atom stereocenters. The van der Waals surface area contributed by atoms with Crippen molar-refractivity contribution in [1.82, 2.24) is 10.2 Å². The first-order valence-electron chi connectivity index (χ1n) is 6.22. The van der Waals surface area contributed by atoms with Crippen LogP contribution in [0.4, 0.5) is 0 Å². The summed E-state index contributed by atoms with van der Waals surface area (Å²) in [4.78, 5) is 2.56. The molecule has 0 bridgehead atoms. The molecule has 0 saturated carbocycles. The molecule has 0 spiro atoms. The molecule has 1 saturated heterocycles. The highest BCUT2D eigenvalue weighted by Crippen LogP contribution is 2.25. The molecule has 0 aliphatic carbocycles. The zero-order valence-electron chi connectivity index (χ0n) is 10.8. The molecule has 94 valence electrons. The highest BCUT2D eigenvalue weighted by atomic mass is 79.9. The van der Waals surface area contributed by atoms with Gasteiger partial charge in [0.15, 0.2) is 0 Å². The number of nitrogens with one attached hydrogen (secondary N) is 1. The number of benzene rings is 1. The van der Waals surface area contributed by atoms with Crippen molar-refractivity contribution < 1.29 is 0 Å². The number of piperazine rings is 1. The Balaban J connectivity index is 2.09. The first-order valence-corrected chi connectivity index (χ1v) is 7.02. The van der Waals surface area contributed by atoms with E-state index >= 15 is 0 Å². The summed E-state index contributed by atoms with van der Waals surface area (Å²) < 4.78 is 1.15. The standard InChI is InChI=1S/C14H21BrN2/c1-11(12-4-6-13(15)7-5-12)17-9-8-16-14(2,3)10-17/h4-7,11,16H,8-10H2,1-3H3. The molecule has 3 heteroatoms. The van der Waals surface area contributed by atoms with E-state index in [0.717, 1.165) is 24.1 Å². The van der Waals surface area contributed by atoms with Crippen molar-refractivity contribution in [3.8, 4) is 0 Å². The van der Waals surface area contributed by atoms with Crippen molar-refractivity contribution >= 4 is 15.9 Å². The molecule has 2 rings (SSSR count). The molecule has 1 atom stereocenters. The normalized spacial score (nSPS) is 22.4. The molecule has 1 fully saturated rings. The van der Waals surface area contributed by atoms with Crippen LogP contribution in [0.1, 0.15) is 32.4 Å². The largest absolute Gasteiger partial charge is 0.309 e. The Hall–Kier alpha value is -0.380. The Morgan fingerprint density at radius 1 is 1.29 bits per heavy atom. The van der Waals surface area contributed by atoms with Gasteiger partial charge in [-0.25, -0.2) is 0 Å². The minimum atomic E-state index is 0.224. The fraction of sp³-hybridized carbons (Fsp3) is 0.571. The lowest BCUT2D eigenvalue weighted by molar-refractivity contribution is 0.117. The van der Waals surface area contributed by atoms with Gasteiger partial charge in [-0.2, -0.15) is 0 Å². The fourth-order valence-electron chi connectivity index (χ4n) is 2.46. The van der Waals surface area contributed by atoms with E-state index in [0.29, 0.717) is 6.04 Å². The smallest absolute Gasteiger partial charge is 0.0321 e. The predicted molar refractivity (Wildman–Crippen MR) is 76.2 cm³/mol. The maximum Gasteiger partial charge on any atom is 0.0321 e. The molecule has 2 nitrogen and oxygen atoms in total. The average Bonchev–Trinajstić information content (AvgIpc) is 2.28. The molecule has 0 radical (unpaired) electrons. The Bertz CT molecular complexity index is 372. The van der Waals surface area contributed by atoms with Gasteiger partial charge < -0.3 is 5.32 Å². The maximum atomic E-state index is 3.55. The van der Waals surface area contributed by atoms with Gasteiger partial charge in [0.2, 0.25) is 0 Å². The SMILES string of the molecule is CC(c1ccc(Br)cc1)N1CCNC(C)(C)C1. The molecule has 1 N–H and O–H groups in total. The lowest BCUT2D eigenvalue weighted by atomic mass is 9.98. The van der Waals surface area contributed by atoms with Crippen molar-refractivity contribution in [3.05, 3.63) is 34.3 Å². The number of nitrogens with zero attached hydrogens (tertiary/aromatic N) is 1. The Morgan fingerprint density at radius 3 is 2.53 bits per heavy atom. The highest BCUT2D eigenvalue weighted by molar-refractivity contribution is 9.10. The number of halogens is 1. The van der Waals surface area contributed by atoms with E-state index in [1.54, 1.807) is 0 Å². The molecule has 1 aromatic carbocycles. The van der Waals surface area contributed by atoms with Crippen molar-refractivity contribution in [2.45, 2.75) is 32.4 Å². The van der Waals surface area contributed by atoms with E-state index in [4.69, 9.17) is 0 Å². The second-order valence-electron chi connectivity index (χ2n) is 5.51. The van der Waals surface area contributed by atoms with E-state index in [1.165, 1.54) is 5.56 Å². The summed E-state index contributed by atoms with van der Waals surface area (Å²) in [6.45, 7) is 10.1. The Kier molecular flexibility index (Phi) is 3.91. The van der Waals surface area contributed by atoms with Crippen LogP contribution in [0.15, 0.2) is 28.7 Å². The molecule has 1 aliphatic heterocycles. The van der Waals surface area contributed by atoms with Crippen LogP contribution in [-0.4, -0.2) is 30.1 Å².